The summed E-state index contributed by atoms with van der Waals surface area (Å²) in [4.78, 5) is 16.6. The molecule has 1 amide bonds. The number of nitrogens with zero attached hydrogens (tertiary/aromatic N) is 6. The molecule has 4 rings (SSSR count). The van der Waals surface area contributed by atoms with Crippen molar-refractivity contribution in [2.75, 3.05) is 11.1 Å². The van der Waals surface area contributed by atoms with Crippen LogP contribution in [-0.2, 0) is 11.3 Å². The quantitative estimate of drug-likeness (QED) is 0.452. The van der Waals surface area contributed by atoms with E-state index in [4.69, 9.17) is 0 Å². The first kappa shape index (κ1) is 19.4. The van der Waals surface area contributed by atoms with Crippen molar-refractivity contribution in [2.24, 2.45) is 0 Å². The molecule has 1 aliphatic rings. The second kappa shape index (κ2) is 9.04. The summed E-state index contributed by atoms with van der Waals surface area (Å²) in [5.41, 5.74) is 0.922. The smallest absolute Gasteiger partial charge is 0.235 e. The van der Waals surface area contributed by atoms with Gasteiger partial charge in [-0.2, -0.15) is 5.10 Å². The summed E-state index contributed by atoms with van der Waals surface area (Å²) >= 11 is 1.35. The minimum Gasteiger partial charge on any atom is -0.310 e. The number of aromatic nitrogens is 6. The van der Waals surface area contributed by atoms with Crippen LogP contribution < -0.4 is 5.32 Å². The zero-order valence-electron chi connectivity index (χ0n) is 16.1. The predicted octanol–water partition coefficient (Wildman–Crippen LogP) is 3.57. The van der Waals surface area contributed by atoms with E-state index in [0.29, 0.717) is 17.7 Å². The van der Waals surface area contributed by atoms with E-state index in [9.17, 15) is 4.79 Å². The van der Waals surface area contributed by atoms with E-state index in [1.165, 1.54) is 24.6 Å². The molecule has 0 radical (unpaired) electrons. The molecular formula is C20H23N7OS. The second-order valence-corrected chi connectivity index (χ2v) is 7.82. The molecule has 0 aliphatic heterocycles. The Balaban J connectivity index is 1.43. The highest BCUT2D eigenvalue weighted by atomic mass is 32.2. The van der Waals surface area contributed by atoms with Crippen molar-refractivity contribution in [3.8, 4) is 11.4 Å². The fourth-order valence-corrected chi connectivity index (χ4v) is 4.31. The number of hydrogen-bond donors (Lipinski definition) is 1. The fourth-order valence-electron chi connectivity index (χ4n) is 3.57. The normalized spacial score (nSPS) is 14.2. The van der Waals surface area contributed by atoms with Crippen molar-refractivity contribution in [1.29, 1.82) is 0 Å². The average Bonchev–Trinajstić information content (AvgIpc) is 3.48. The molecule has 0 spiro atoms. The SMILES string of the molecule is C=CCn1c(SCC(=O)Nc2ccnn2C2CCCC2)nnc1-c1ccncc1. The van der Waals surface area contributed by atoms with Crippen molar-refractivity contribution in [3.63, 3.8) is 0 Å². The molecule has 1 aliphatic carbocycles. The highest BCUT2D eigenvalue weighted by molar-refractivity contribution is 7.99. The van der Waals surface area contributed by atoms with E-state index in [0.717, 1.165) is 30.0 Å². The number of amides is 1. The Hall–Kier alpha value is -2.94. The van der Waals surface area contributed by atoms with Crippen LogP contribution in [0.1, 0.15) is 31.7 Å². The van der Waals surface area contributed by atoms with E-state index in [-0.39, 0.29) is 11.7 Å². The van der Waals surface area contributed by atoms with Gasteiger partial charge in [-0.25, -0.2) is 4.68 Å². The largest absolute Gasteiger partial charge is 0.310 e. The molecule has 0 saturated heterocycles. The Morgan fingerprint density at radius 1 is 1.21 bits per heavy atom. The highest BCUT2D eigenvalue weighted by Crippen LogP contribution is 2.31. The van der Waals surface area contributed by atoms with Gasteiger partial charge in [-0.15, -0.1) is 16.8 Å². The van der Waals surface area contributed by atoms with Gasteiger partial charge in [0.2, 0.25) is 5.91 Å². The first-order valence-corrected chi connectivity index (χ1v) is 10.7. The lowest BCUT2D eigenvalue weighted by Crippen LogP contribution is -2.19. The molecule has 0 atom stereocenters. The summed E-state index contributed by atoms with van der Waals surface area (Å²) in [5, 5.41) is 16.6. The van der Waals surface area contributed by atoms with Crippen molar-refractivity contribution in [2.45, 2.75) is 43.4 Å². The van der Waals surface area contributed by atoms with E-state index < -0.39 is 0 Å². The van der Waals surface area contributed by atoms with Gasteiger partial charge in [0.15, 0.2) is 11.0 Å². The van der Waals surface area contributed by atoms with Crippen molar-refractivity contribution in [1.82, 2.24) is 29.5 Å². The Labute approximate surface area is 173 Å². The summed E-state index contributed by atoms with van der Waals surface area (Å²) in [7, 11) is 0. The minimum atomic E-state index is -0.0895. The summed E-state index contributed by atoms with van der Waals surface area (Å²) in [6.07, 6.45) is 11.6. The van der Waals surface area contributed by atoms with Crippen LogP contribution in [0.4, 0.5) is 5.82 Å². The standard InChI is InChI=1S/C20H23N7OS/c1-2-13-26-19(15-7-10-21-11-8-15)24-25-20(26)29-14-18(28)23-17-9-12-22-27(17)16-5-3-4-6-16/h2,7-12,16H,1,3-6,13-14H2,(H,23,28). The Morgan fingerprint density at radius 2 is 2.00 bits per heavy atom. The molecule has 150 valence electrons. The first-order chi connectivity index (χ1) is 14.3. The lowest BCUT2D eigenvalue weighted by molar-refractivity contribution is -0.113. The third-order valence-corrected chi connectivity index (χ3v) is 5.87. The van der Waals surface area contributed by atoms with Crippen LogP contribution in [0.3, 0.4) is 0 Å². The number of anilines is 1. The molecule has 0 aromatic carbocycles. The Morgan fingerprint density at radius 3 is 2.76 bits per heavy atom. The zero-order chi connectivity index (χ0) is 20.1. The van der Waals surface area contributed by atoms with Crippen LogP contribution in [0.5, 0.6) is 0 Å². The van der Waals surface area contributed by atoms with Gasteiger partial charge in [0.1, 0.15) is 5.82 Å². The van der Waals surface area contributed by atoms with Gasteiger partial charge in [0.05, 0.1) is 18.0 Å². The van der Waals surface area contributed by atoms with Gasteiger partial charge < -0.3 is 5.32 Å². The molecule has 3 aromatic heterocycles. The van der Waals surface area contributed by atoms with Crippen LogP contribution in [0, 0.1) is 0 Å². The molecule has 1 N–H and O–H groups in total. The molecule has 9 heteroatoms. The van der Waals surface area contributed by atoms with Gasteiger partial charge in [0.25, 0.3) is 0 Å². The summed E-state index contributed by atoms with van der Waals surface area (Å²) in [6.45, 7) is 4.38. The number of carbonyl (C=O) groups is 1. The van der Waals surface area contributed by atoms with E-state index >= 15 is 0 Å². The molecule has 0 bridgehead atoms. The van der Waals surface area contributed by atoms with E-state index in [1.54, 1.807) is 24.7 Å². The number of rotatable bonds is 8. The maximum Gasteiger partial charge on any atom is 0.235 e. The Bertz CT molecular complexity index is 976. The van der Waals surface area contributed by atoms with Crippen molar-refractivity contribution < 1.29 is 4.79 Å². The summed E-state index contributed by atoms with van der Waals surface area (Å²) in [5.74, 6) is 1.64. The predicted molar refractivity (Wildman–Crippen MR) is 113 cm³/mol. The van der Waals surface area contributed by atoms with Crippen LogP contribution in [0.15, 0.2) is 54.6 Å². The van der Waals surface area contributed by atoms with Crippen LogP contribution in [0.2, 0.25) is 0 Å². The highest BCUT2D eigenvalue weighted by Gasteiger charge is 2.21. The van der Waals surface area contributed by atoms with Crippen molar-refractivity contribution in [3.05, 3.63) is 49.4 Å². The molecule has 8 nitrogen and oxygen atoms in total. The minimum absolute atomic E-state index is 0.0895. The number of nitrogens with one attached hydrogen (secondary N) is 1. The third kappa shape index (κ3) is 4.40. The first-order valence-electron chi connectivity index (χ1n) is 9.67. The Kier molecular flexibility index (Phi) is 6.04. The monoisotopic (exact) mass is 409 g/mol. The van der Waals surface area contributed by atoms with Gasteiger partial charge >= 0.3 is 0 Å². The number of hydrogen-bond acceptors (Lipinski definition) is 6. The molecule has 29 heavy (non-hydrogen) atoms. The maximum atomic E-state index is 12.5. The second-order valence-electron chi connectivity index (χ2n) is 6.88. The fraction of sp³-hybridized carbons (Fsp3) is 0.350. The van der Waals surface area contributed by atoms with E-state index in [2.05, 4.69) is 32.2 Å². The van der Waals surface area contributed by atoms with Gasteiger partial charge in [0, 0.05) is 30.6 Å². The van der Waals surface area contributed by atoms with Gasteiger partial charge in [-0.1, -0.05) is 30.7 Å². The lowest BCUT2D eigenvalue weighted by Gasteiger charge is -2.14. The zero-order valence-corrected chi connectivity index (χ0v) is 16.9. The van der Waals surface area contributed by atoms with Gasteiger partial charge in [-0.05, 0) is 25.0 Å². The molecule has 3 heterocycles. The number of pyridine rings is 1. The van der Waals surface area contributed by atoms with Crippen LogP contribution in [-0.4, -0.2) is 41.2 Å². The van der Waals surface area contributed by atoms with Crippen LogP contribution in [0.25, 0.3) is 11.4 Å². The molecular weight excluding hydrogens is 386 g/mol. The van der Waals surface area contributed by atoms with Crippen LogP contribution >= 0.6 is 11.8 Å². The molecule has 3 aromatic rings. The topological polar surface area (TPSA) is 90.5 Å². The van der Waals surface area contributed by atoms with Gasteiger partial charge in [-0.3, -0.25) is 14.3 Å². The molecule has 1 fully saturated rings. The molecule has 1 saturated carbocycles. The average molecular weight is 410 g/mol. The van der Waals surface area contributed by atoms with E-state index in [1.807, 2.05) is 27.4 Å². The maximum absolute atomic E-state index is 12.5. The molecule has 0 unspecified atom stereocenters. The summed E-state index contributed by atoms with van der Waals surface area (Å²) < 4.78 is 3.89. The lowest BCUT2D eigenvalue weighted by atomic mass is 10.2. The summed E-state index contributed by atoms with van der Waals surface area (Å²) in [6, 6.07) is 6.00. The number of allylic oxidation sites excluding steroid dienone is 1. The van der Waals surface area contributed by atoms with Crippen molar-refractivity contribution >= 4 is 23.5 Å². The number of carbonyl (C=O) groups excluding carboxylic acids is 1. The third-order valence-electron chi connectivity index (χ3n) is 4.91. The number of thioether (sulfide) groups is 1.